The summed E-state index contributed by atoms with van der Waals surface area (Å²) in [5.41, 5.74) is 0.116. The van der Waals surface area contributed by atoms with Gasteiger partial charge >= 0.3 is 5.69 Å². The van der Waals surface area contributed by atoms with E-state index in [-0.39, 0.29) is 17.3 Å². The summed E-state index contributed by atoms with van der Waals surface area (Å²) in [6, 6.07) is 5.98. The molecule has 0 bridgehead atoms. The number of nitrogens with one attached hydrogen (secondary N) is 1. The van der Waals surface area contributed by atoms with Gasteiger partial charge in [-0.15, -0.1) is 0 Å². The minimum absolute atomic E-state index is 0.0483. The number of nitro benzene ring substituents is 1. The summed E-state index contributed by atoms with van der Waals surface area (Å²) in [6.45, 7) is 0.458. The number of ether oxygens (including phenoxy) is 1. The topological polar surface area (TPSA) is 105 Å². The SMILES string of the molecule is COc1cc(C(=O)NCCCCC#N)ccc1[N+](=O)[O-]. The van der Waals surface area contributed by atoms with Crippen LogP contribution in [0.1, 0.15) is 29.6 Å². The van der Waals surface area contributed by atoms with E-state index in [0.29, 0.717) is 24.9 Å². The maximum atomic E-state index is 11.8. The first kappa shape index (κ1) is 15.4. The number of carbonyl (C=O) groups excluding carboxylic acids is 1. The lowest BCUT2D eigenvalue weighted by Gasteiger charge is -2.06. The number of benzene rings is 1. The summed E-state index contributed by atoms with van der Waals surface area (Å²) >= 11 is 0. The Morgan fingerprint density at radius 2 is 2.25 bits per heavy atom. The number of nitro groups is 1. The quantitative estimate of drug-likeness (QED) is 0.466. The molecule has 20 heavy (non-hydrogen) atoms. The number of unbranched alkanes of at least 4 members (excludes halogenated alkanes) is 2. The van der Waals surface area contributed by atoms with E-state index < -0.39 is 4.92 Å². The summed E-state index contributed by atoms with van der Waals surface area (Å²) in [4.78, 5) is 22.0. The highest BCUT2D eigenvalue weighted by atomic mass is 16.6. The average Bonchev–Trinajstić information content (AvgIpc) is 2.45. The molecule has 1 N–H and O–H groups in total. The summed E-state index contributed by atoms with van der Waals surface area (Å²) in [6.07, 6.45) is 1.89. The van der Waals surface area contributed by atoms with Crippen molar-refractivity contribution in [2.24, 2.45) is 0 Å². The van der Waals surface area contributed by atoms with Gasteiger partial charge in [-0.3, -0.25) is 14.9 Å². The van der Waals surface area contributed by atoms with E-state index in [2.05, 4.69) is 5.32 Å². The van der Waals surface area contributed by atoms with E-state index in [0.717, 1.165) is 6.42 Å². The summed E-state index contributed by atoms with van der Waals surface area (Å²) in [5, 5.41) is 21.8. The van der Waals surface area contributed by atoms with Crippen molar-refractivity contribution in [2.45, 2.75) is 19.3 Å². The fraction of sp³-hybridized carbons (Fsp3) is 0.385. The molecule has 0 atom stereocenters. The highest BCUT2D eigenvalue weighted by molar-refractivity contribution is 5.95. The second kappa shape index (κ2) is 7.74. The lowest BCUT2D eigenvalue weighted by Crippen LogP contribution is -2.24. The van der Waals surface area contributed by atoms with Crippen LogP contribution < -0.4 is 10.1 Å². The van der Waals surface area contributed by atoms with E-state index in [9.17, 15) is 14.9 Å². The fourth-order valence-corrected chi connectivity index (χ4v) is 1.60. The largest absolute Gasteiger partial charge is 0.490 e. The Bertz CT molecular complexity index is 537. The normalized spacial score (nSPS) is 9.60. The van der Waals surface area contributed by atoms with Gasteiger partial charge in [-0.2, -0.15) is 5.26 Å². The van der Waals surface area contributed by atoms with Crippen LogP contribution >= 0.6 is 0 Å². The van der Waals surface area contributed by atoms with Gasteiger partial charge in [-0.25, -0.2) is 0 Å². The van der Waals surface area contributed by atoms with Crippen LogP contribution in [0, 0.1) is 21.4 Å². The number of rotatable bonds is 7. The lowest BCUT2D eigenvalue weighted by atomic mass is 10.1. The molecule has 0 saturated heterocycles. The molecule has 1 rings (SSSR count). The molecule has 106 valence electrons. The number of methoxy groups -OCH3 is 1. The van der Waals surface area contributed by atoms with Crippen molar-refractivity contribution in [1.82, 2.24) is 5.32 Å². The Kier molecular flexibility index (Phi) is 5.97. The smallest absolute Gasteiger partial charge is 0.310 e. The molecular weight excluding hydrogens is 262 g/mol. The van der Waals surface area contributed by atoms with Gasteiger partial charge in [0.1, 0.15) is 0 Å². The van der Waals surface area contributed by atoms with Crippen LogP contribution in [-0.2, 0) is 0 Å². The van der Waals surface area contributed by atoms with Gasteiger partial charge in [0.15, 0.2) is 5.75 Å². The zero-order chi connectivity index (χ0) is 15.0. The molecule has 7 heteroatoms. The van der Waals surface area contributed by atoms with Gasteiger partial charge in [-0.05, 0) is 18.9 Å². The van der Waals surface area contributed by atoms with E-state index in [1.54, 1.807) is 0 Å². The minimum atomic E-state index is -0.567. The summed E-state index contributed by atoms with van der Waals surface area (Å²) in [5.74, 6) is -0.276. The van der Waals surface area contributed by atoms with Crippen LogP contribution in [0.4, 0.5) is 5.69 Å². The van der Waals surface area contributed by atoms with Gasteiger partial charge in [-0.1, -0.05) is 0 Å². The second-order valence-corrected chi connectivity index (χ2v) is 4.01. The second-order valence-electron chi connectivity index (χ2n) is 4.01. The standard InChI is InChI=1S/C13H15N3O4/c1-20-12-9-10(5-6-11(12)16(18)19)13(17)15-8-4-2-3-7-14/h5-6,9H,2-4,8H2,1H3,(H,15,17). The van der Waals surface area contributed by atoms with Gasteiger partial charge in [0.05, 0.1) is 18.1 Å². The van der Waals surface area contributed by atoms with E-state index >= 15 is 0 Å². The third kappa shape index (κ3) is 4.24. The predicted octanol–water partition coefficient (Wildman–Crippen LogP) is 2.03. The van der Waals surface area contributed by atoms with Gasteiger partial charge < -0.3 is 10.1 Å². The monoisotopic (exact) mass is 277 g/mol. The Hall–Kier alpha value is -2.62. The number of hydrogen-bond donors (Lipinski definition) is 1. The summed E-state index contributed by atoms with van der Waals surface area (Å²) < 4.78 is 4.90. The van der Waals surface area contributed by atoms with Crippen LogP contribution in [0.5, 0.6) is 5.75 Å². The minimum Gasteiger partial charge on any atom is -0.490 e. The highest BCUT2D eigenvalue weighted by Gasteiger charge is 2.17. The number of carbonyl (C=O) groups is 1. The summed E-state index contributed by atoms with van der Waals surface area (Å²) in [7, 11) is 1.31. The molecule has 0 radical (unpaired) electrons. The molecule has 0 unspecified atom stereocenters. The van der Waals surface area contributed by atoms with Gasteiger partial charge in [0.25, 0.3) is 5.91 Å². The first-order valence-corrected chi connectivity index (χ1v) is 6.07. The van der Waals surface area contributed by atoms with E-state index in [1.165, 1.54) is 25.3 Å². The molecule has 0 aromatic heterocycles. The molecule has 1 amide bonds. The zero-order valence-corrected chi connectivity index (χ0v) is 11.1. The van der Waals surface area contributed by atoms with Crippen molar-refractivity contribution >= 4 is 11.6 Å². The maximum Gasteiger partial charge on any atom is 0.310 e. The molecule has 0 saturated carbocycles. The molecule has 0 fully saturated rings. The average molecular weight is 277 g/mol. The Morgan fingerprint density at radius 3 is 2.85 bits per heavy atom. The molecule has 7 nitrogen and oxygen atoms in total. The third-order valence-corrected chi connectivity index (χ3v) is 2.64. The van der Waals surface area contributed by atoms with Gasteiger partial charge in [0, 0.05) is 30.7 Å². The Morgan fingerprint density at radius 1 is 1.50 bits per heavy atom. The Labute approximate surface area is 116 Å². The lowest BCUT2D eigenvalue weighted by molar-refractivity contribution is -0.385. The van der Waals surface area contributed by atoms with E-state index in [4.69, 9.17) is 10.00 Å². The van der Waals surface area contributed by atoms with Crippen LogP contribution in [0.3, 0.4) is 0 Å². The van der Waals surface area contributed by atoms with Crippen molar-refractivity contribution in [3.8, 4) is 11.8 Å². The number of nitrogens with zero attached hydrogens (tertiary/aromatic N) is 2. The molecule has 0 aliphatic rings. The van der Waals surface area contributed by atoms with Crippen molar-refractivity contribution in [3.63, 3.8) is 0 Å². The first-order chi connectivity index (χ1) is 9.60. The predicted molar refractivity (Wildman–Crippen MR) is 71.4 cm³/mol. The van der Waals surface area contributed by atoms with Crippen molar-refractivity contribution < 1.29 is 14.5 Å². The number of nitriles is 1. The number of amides is 1. The Balaban J connectivity index is 2.65. The molecule has 0 heterocycles. The van der Waals surface area contributed by atoms with Crippen LogP contribution in [0.25, 0.3) is 0 Å². The molecular formula is C13H15N3O4. The first-order valence-electron chi connectivity index (χ1n) is 6.07. The molecule has 0 aliphatic carbocycles. The molecule has 1 aromatic carbocycles. The van der Waals surface area contributed by atoms with Crippen molar-refractivity contribution in [1.29, 1.82) is 5.26 Å². The number of hydrogen-bond acceptors (Lipinski definition) is 5. The van der Waals surface area contributed by atoms with Crippen LogP contribution in [0.2, 0.25) is 0 Å². The molecule has 0 spiro atoms. The van der Waals surface area contributed by atoms with Gasteiger partial charge in [0.2, 0.25) is 0 Å². The third-order valence-electron chi connectivity index (χ3n) is 2.64. The van der Waals surface area contributed by atoms with Crippen molar-refractivity contribution in [2.75, 3.05) is 13.7 Å². The van der Waals surface area contributed by atoms with E-state index in [1.807, 2.05) is 6.07 Å². The van der Waals surface area contributed by atoms with Crippen molar-refractivity contribution in [3.05, 3.63) is 33.9 Å². The maximum absolute atomic E-state index is 11.8. The highest BCUT2D eigenvalue weighted by Crippen LogP contribution is 2.27. The van der Waals surface area contributed by atoms with Crippen LogP contribution in [0.15, 0.2) is 18.2 Å². The van der Waals surface area contributed by atoms with Crippen LogP contribution in [-0.4, -0.2) is 24.5 Å². The fourth-order valence-electron chi connectivity index (χ4n) is 1.60. The molecule has 0 aliphatic heterocycles. The zero-order valence-electron chi connectivity index (χ0n) is 11.1. The molecule has 1 aromatic rings.